The van der Waals surface area contributed by atoms with Crippen LogP contribution in [0.2, 0.25) is 0 Å². The van der Waals surface area contributed by atoms with E-state index >= 15 is 0 Å². The van der Waals surface area contributed by atoms with Crippen LogP contribution in [-0.4, -0.2) is 11.6 Å². The molecule has 0 radical (unpaired) electrons. The van der Waals surface area contributed by atoms with Gasteiger partial charge in [0, 0.05) is 40.3 Å². The number of hydrogen-bond donors (Lipinski definition) is 1. The molecule has 0 aromatic heterocycles. The van der Waals surface area contributed by atoms with Crippen molar-refractivity contribution in [2.45, 2.75) is 32.6 Å². The maximum Gasteiger partial charge on any atom is 0.192 e. The second kappa shape index (κ2) is 5.53. The standard InChI is InChI=1S/C24H21NO2/c1-24(2)12-17-20(18(26)13-24)19(14-8-4-3-5-9-14)21-22(25-17)15-10-6-7-11-16(15)23(21)27/h3-11,19,25H,12-13H2,1-2H3/t19-/m0/s1. The van der Waals surface area contributed by atoms with Gasteiger partial charge in [-0.25, -0.2) is 0 Å². The number of Topliss-reactive ketones (excluding diaryl/α,β-unsaturated/α-hetero) is 2. The lowest BCUT2D eigenvalue weighted by Gasteiger charge is -2.39. The fourth-order valence-corrected chi connectivity index (χ4v) is 4.77. The number of nitrogens with one attached hydrogen (secondary N) is 1. The van der Waals surface area contributed by atoms with Gasteiger partial charge in [0.2, 0.25) is 0 Å². The molecule has 2 aromatic rings. The van der Waals surface area contributed by atoms with Crippen LogP contribution < -0.4 is 5.32 Å². The van der Waals surface area contributed by atoms with E-state index in [1.165, 1.54) is 0 Å². The zero-order valence-corrected chi connectivity index (χ0v) is 15.5. The first-order chi connectivity index (χ1) is 13.0. The first-order valence-electron chi connectivity index (χ1n) is 9.43. The number of carbonyl (C=O) groups is 2. The molecule has 1 N–H and O–H groups in total. The summed E-state index contributed by atoms with van der Waals surface area (Å²) in [5.41, 5.74) is 5.96. The van der Waals surface area contributed by atoms with Crippen LogP contribution in [0, 0.1) is 5.41 Å². The number of rotatable bonds is 1. The lowest BCUT2D eigenvalue weighted by molar-refractivity contribution is -0.118. The van der Waals surface area contributed by atoms with Crippen LogP contribution in [0.1, 0.15) is 54.1 Å². The monoisotopic (exact) mass is 355 g/mol. The average molecular weight is 355 g/mol. The largest absolute Gasteiger partial charge is 0.358 e. The van der Waals surface area contributed by atoms with Gasteiger partial charge < -0.3 is 5.32 Å². The normalized spacial score (nSPS) is 23.0. The average Bonchev–Trinajstić information content (AvgIpc) is 2.92. The Morgan fingerprint density at radius 2 is 1.52 bits per heavy atom. The van der Waals surface area contributed by atoms with Crippen molar-refractivity contribution < 1.29 is 9.59 Å². The molecule has 0 spiro atoms. The molecule has 0 saturated carbocycles. The molecule has 2 aromatic carbocycles. The number of fused-ring (bicyclic) bond motifs is 2. The van der Waals surface area contributed by atoms with Crippen molar-refractivity contribution in [3.63, 3.8) is 0 Å². The number of ketones is 2. The second-order valence-corrected chi connectivity index (χ2v) is 8.47. The molecule has 0 unspecified atom stereocenters. The zero-order valence-electron chi connectivity index (χ0n) is 15.5. The zero-order chi connectivity index (χ0) is 18.8. The molecule has 1 heterocycles. The van der Waals surface area contributed by atoms with E-state index in [0.29, 0.717) is 12.0 Å². The summed E-state index contributed by atoms with van der Waals surface area (Å²) in [6.45, 7) is 4.26. The van der Waals surface area contributed by atoms with Crippen LogP contribution in [0.4, 0.5) is 0 Å². The maximum atomic E-state index is 13.3. The topological polar surface area (TPSA) is 46.2 Å². The molecule has 5 rings (SSSR count). The summed E-state index contributed by atoms with van der Waals surface area (Å²) in [5.74, 6) is -0.106. The smallest absolute Gasteiger partial charge is 0.192 e. The van der Waals surface area contributed by atoms with Crippen molar-refractivity contribution in [1.29, 1.82) is 0 Å². The van der Waals surface area contributed by atoms with Gasteiger partial charge in [0.1, 0.15) is 0 Å². The lowest BCUT2D eigenvalue weighted by atomic mass is 9.68. The molecular formula is C24H21NO2. The highest BCUT2D eigenvalue weighted by atomic mass is 16.1. The quantitative estimate of drug-likeness (QED) is 0.812. The molecule has 27 heavy (non-hydrogen) atoms. The number of hydrogen-bond acceptors (Lipinski definition) is 3. The van der Waals surface area contributed by atoms with Crippen LogP contribution >= 0.6 is 0 Å². The minimum absolute atomic E-state index is 0.0335. The van der Waals surface area contributed by atoms with Crippen molar-refractivity contribution in [3.05, 3.63) is 88.1 Å². The van der Waals surface area contributed by atoms with E-state index in [4.69, 9.17) is 0 Å². The van der Waals surface area contributed by atoms with E-state index in [1.807, 2.05) is 54.6 Å². The summed E-state index contributed by atoms with van der Waals surface area (Å²) >= 11 is 0. The minimum atomic E-state index is -0.291. The minimum Gasteiger partial charge on any atom is -0.358 e. The first kappa shape index (κ1) is 16.2. The summed E-state index contributed by atoms with van der Waals surface area (Å²) in [5, 5.41) is 3.51. The Morgan fingerprint density at radius 1 is 0.852 bits per heavy atom. The third-order valence-electron chi connectivity index (χ3n) is 5.86. The van der Waals surface area contributed by atoms with Gasteiger partial charge in [-0.05, 0) is 17.4 Å². The first-order valence-corrected chi connectivity index (χ1v) is 9.43. The highest BCUT2D eigenvalue weighted by Gasteiger charge is 2.46. The molecule has 134 valence electrons. The van der Waals surface area contributed by atoms with E-state index in [-0.39, 0.29) is 22.9 Å². The Kier molecular flexibility index (Phi) is 3.33. The van der Waals surface area contributed by atoms with Crippen molar-refractivity contribution >= 4 is 17.3 Å². The van der Waals surface area contributed by atoms with Gasteiger partial charge in [0.25, 0.3) is 0 Å². The third kappa shape index (κ3) is 2.34. The van der Waals surface area contributed by atoms with Crippen molar-refractivity contribution in [2.75, 3.05) is 0 Å². The van der Waals surface area contributed by atoms with E-state index in [2.05, 4.69) is 19.2 Å². The van der Waals surface area contributed by atoms with Crippen LogP contribution in [0.25, 0.3) is 5.70 Å². The van der Waals surface area contributed by atoms with E-state index in [1.54, 1.807) is 0 Å². The Bertz CT molecular complexity index is 1060. The SMILES string of the molecule is CC1(C)CC(=O)C2=C(C1)NC1=C(C(=O)c3ccccc31)[C@H]2c1ccccc1. The van der Waals surface area contributed by atoms with E-state index in [9.17, 15) is 9.59 Å². The van der Waals surface area contributed by atoms with Gasteiger partial charge in [-0.1, -0.05) is 68.4 Å². The molecule has 0 amide bonds. The Morgan fingerprint density at radius 3 is 2.26 bits per heavy atom. The van der Waals surface area contributed by atoms with Crippen LogP contribution in [0.3, 0.4) is 0 Å². The molecule has 3 nitrogen and oxygen atoms in total. The fraction of sp³-hybridized carbons (Fsp3) is 0.250. The lowest BCUT2D eigenvalue weighted by Crippen LogP contribution is -2.37. The van der Waals surface area contributed by atoms with Gasteiger partial charge >= 0.3 is 0 Å². The van der Waals surface area contributed by atoms with Crippen LogP contribution in [-0.2, 0) is 4.79 Å². The fourth-order valence-electron chi connectivity index (χ4n) is 4.77. The molecule has 3 heteroatoms. The highest BCUT2D eigenvalue weighted by molar-refractivity contribution is 6.23. The van der Waals surface area contributed by atoms with Gasteiger partial charge in [-0.2, -0.15) is 0 Å². The summed E-state index contributed by atoms with van der Waals surface area (Å²) in [6.07, 6.45) is 1.32. The molecule has 1 aliphatic heterocycles. The van der Waals surface area contributed by atoms with Gasteiger partial charge in [0.05, 0.1) is 5.70 Å². The molecule has 3 aliphatic rings. The Hall–Kier alpha value is -2.94. The summed E-state index contributed by atoms with van der Waals surface area (Å²) in [7, 11) is 0. The molecular weight excluding hydrogens is 334 g/mol. The molecule has 0 fully saturated rings. The van der Waals surface area contributed by atoms with Crippen LogP contribution in [0.5, 0.6) is 0 Å². The Labute approximate surface area is 158 Å². The summed E-state index contributed by atoms with van der Waals surface area (Å²) < 4.78 is 0. The van der Waals surface area contributed by atoms with E-state index in [0.717, 1.165) is 40.1 Å². The van der Waals surface area contributed by atoms with E-state index < -0.39 is 0 Å². The number of benzene rings is 2. The third-order valence-corrected chi connectivity index (χ3v) is 5.86. The van der Waals surface area contributed by atoms with Gasteiger partial charge in [-0.3, -0.25) is 9.59 Å². The number of dihydropyridines is 1. The van der Waals surface area contributed by atoms with Crippen molar-refractivity contribution in [3.8, 4) is 0 Å². The molecule has 0 saturated heterocycles. The summed E-state index contributed by atoms with van der Waals surface area (Å²) in [6, 6.07) is 17.7. The predicted molar refractivity (Wildman–Crippen MR) is 105 cm³/mol. The molecule has 2 aliphatic carbocycles. The molecule has 1 atom stereocenters. The predicted octanol–water partition coefficient (Wildman–Crippen LogP) is 4.62. The number of carbonyl (C=O) groups excluding carboxylic acids is 2. The maximum absolute atomic E-state index is 13.3. The van der Waals surface area contributed by atoms with Crippen molar-refractivity contribution in [1.82, 2.24) is 5.32 Å². The van der Waals surface area contributed by atoms with Gasteiger partial charge in [-0.15, -0.1) is 0 Å². The molecule has 0 bridgehead atoms. The number of allylic oxidation sites excluding steroid dienone is 3. The van der Waals surface area contributed by atoms with Gasteiger partial charge in [0.15, 0.2) is 11.6 Å². The van der Waals surface area contributed by atoms with Crippen LogP contribution in [0.15, 0.2) is 71.4 Å². The Balaban J connectivity index is 1.76. The highest BCUT2D eigenvalue weighted by Crippen LogP contribution is 2.51. The second-order valence-electron chi connectivity index (χ2n) is 8.47. The van der Waals surface area contributed by atoms with Crippen molar-refractivity contribution in [2.24, 2.45) is 5.41 Å². The summed E-state index contributed by atoms with van der Waals surface area (Å²) in [4.78, 5) is 26.5.